The summed E-state index contributed by atoms with van der Waals surface area (Å²) in [4.78, 5) is 4.63. The molecule has 0 bridgehead atoms. The first-order valence-electron chi connectivity index (χ1n) is 9.68. The highest BCUT2D eigenvalue weighted by Crippen LogP contribution is 2.34. The second-order valence-corrected chi connectivity index (χ2v) is 7.42. The third-order valence-corrected chi connectivity index (χ3v) is 5.51. The van der Waals surface area contributed by atoms with Crippen molar-refractivity contribution < 1.29 is 14.2 Å². The molecular weight excluding hydrogens is 328 g/mol. The van der Waals surface area contributed by atoms with Gasteiger partial charge in [0.25, 0.3) is 0 Å². The standard InChI is InChI=1S/C21H28N2O3/c1-16-5-6-17-3-2-4-19(20(17)23-16)25-14-10-22-18-7-11-26-21(15-18)8-12-24-13-9-21/h2-6,18,22H,7-15H2,1H3. The highest BCUT2D eigenvalue weighted by atomic mass is 16.5. The van der Waals surface area contributed by atoms with Crippen molar-refractivity contribution in [2.75, 3.05) is 33.0 Å². The Bertz CT molecular complexity index is 738. The van der Waals surface area contributed by atoms with Gasteiger partial charge in [-0.05, 0) is 44.7 Å². The Morgan fingerprint density at radius 1 is 1.19 bits per heavy atom. The topological polar surface area (TPSA) is 52.6 Å². The molecule has 2 fully saturated rings. The number of fused-ring (bicyclic) bond motifs is 1. The normalized spacial score (nSPS) is 22.6. The fraction of sp³-hybridized carbons (Fsp3) is 0.571. The third-order valence-electron chi connectivity index (χ3n) is 5.51. The summed E-state index contributed by atoms with van der Waals surface area (Å²) in [7, 11) is 0. The molecule has 140 valence electrons. The maximum Gasteiger partial charge on any atom is 0.145 e. The molecular formula is C21H28N2O3. The predicted octanol–water partition coefficient (Wildman–Crippen LogP) is 3.24. The van der Waals surface area contributed by atoms with Crippen molar-refractivity contribution in [3.8, 4) is 5.75 Å². The number of ether oxygens (including phenoxy) is 3. The van der Waals surface area contributed by atoms with Gasteiger partial charge in [0.2, 0.25) is 0 Å². The van der Waals surface area contributed by atoms with E-state index in [1.807, 2.05) is 25.1 Å². The summed E-state index contributed by atoms with van der Waals surface area (Å²) < 4.78 is 17.6. The van der Waals surface area contributed by atoms with Gasteiger partial charge in [0.05, 0.1) is 5.60 Å². The molecule has 1 aromatic carbocycles. The Hall–Kier alpha value is -1.69. The van der Waals surface area contributed by atoms with Crippen molar-refractivity contribution in [3.05, 3.63) is 36.0 Å². The summed E-state index contributed by atoms with van der Waals surface area (Å²) >= 11 is 0. The van der Waals surface area contributed by atoms with Gasteiger partial charge in [0.1, 0.15) is 17.9 Å². The number of benzene rings is 1. The van der Waals surface area contributed by atoms with Gasteiger partial charge >= 0.3 is 0 Å². The highest BCUT2D eigenvalue weighted by Gasteiger charge is 2.38. The molecule has 2 aliphatic rings. The molecule has 0 radical (unpaired) electrons. The maximum absolute atomic E-state index is 6.11. The summed E-state index contributed by atoms with van der Waals surface area (Å²) in [6, 6.07) is 10.7. The number of aromatic nitrogens is 1. The summed E-state index contributed by atoms with van der Waals surface area (Å²) in [6.07, 6.45) is 4.18. The fourth-order valence-electron chi connectivity index (χ4n) is 4.05. The molecule has 1 spiro atoms. The molecule has 1 N–H and O–H groups in total. The zero-order valence-corrected chi connectivity index (χ0v) is 15.5. The van der Waals surface area contributed by atoms with Crippen LogP contribution in [0.2, 0.25) is 0 Å². The van der Waals surface area contributed by atoms with Crippen LogP contribution < -0.4 is 10.1 Å². The summed E-state index contributed by atoms with van der Waals surface area (Å²) in [5.74, 6) is 0.862. The van der Waals surface area contributed by atoms with E-state index in [4.69, 9.17) is 14.2 Å². The molecule has 5 nitrogen and oxygen atoms in total. The van der Waals surface area contributed by atoms with E-state index in [1.54, 1.807) is 0 Å². The Labute approximate surface area is 155 Å². The summed E-state index contributed by atoms with van der Waals surface area (Å²) in [6.45, 7) is 5.97. The average molecular weight is 356 g/mol. The Kier molecular flexibility index (Phi) is 5.38. The van der Waals surface area contributed by atoms with Crippen LogP contribution in [0.25, 0.3) is 10.9 Å². The monoisotopic (exact) mass is 356 g/mol. The predicted molar refractivity (Wildman–Crippen MR) is 102 cm³/mol. The van der Waals surface area contributed by atoms with E-state index in [1.165, 1.54) is 0 Å². The number of hydrogen-bond donors (Lipinski definition) is 1. The number of nitrogens with zero attached hydrogens (tertiary/aromatic N) is 1. The minimum atomic E-state index is 0.0338. The highest BCUT2D eigenvalue weighted by molar-refractivity contribution is 5.84. The first-order chi connectivity index (χ1) is 12.7. The first-order valence-corrected chi connectivity index (χ1v) is 9.68. The van der Waals surface area contributed by atoms with E-state index < -0.39 is 0 Å². The molecule has 2 aliphatic heterocycles. The molecule has 4 rings (SSSR count). The van der Waals surface area contributed by atoms with E-state index in [2.05, 4.69) is 22.4 Å². The largest absolute Gasteiger partial charge is 0.490 e. The van der Waals surface area contributed by atoms with Crippen LogP contribution in [0, 0.1) is 6.92 Å². The first kappa shape index (κ1) is 17.7. The van der Waals surface area contributed by atoms with Crippen molar-refractivity contribution in [1.82, 2.24) is 10.3 Å². The van der Waals surface area contributed by atoms with E-state index >= 15 is 0 Å². The van der Waals surface area contributed by atoms with Crippen LogP contribution >= 0.6 is 0 Å². The molecule has 0 saturated carbocycles. The number of hydrogen-bond acceptors (Lipinski definition) is 5. The molecule has 1 unspecified atom stereocenters. The molecule has 0 aliphatic carbocycles. The van der Waals surface area contributed by atoms with Gasteiger partial charge in [-0.15, -0.1) is 0 Å². The molecule has 2 aromatic rings. The van der Waals surface area contributed by atoms with Crippen LogP contribution in [-0.4, -0.2) is 49.6 Å². The van der Waals surface area contributed by atoms with Crippen molar-refractivity contribution in [1.29, 1.82) is 0 Å². The SMILES string of the molecule is Cc1ccc2cccc(OCCNC3CCOC4(CCOCC4)C3)c2n1. The quantitative estimate of drug-likeness (QED) is 0.834. The van der Waals surface area contributed by atoms with Crippen LogP contribution in [0.5, 0.6) is 5.75 Å². The second-order valence-electron chi connectivity index (χ2n) is 7.42. The van der Waals surface area contributed by atoms with Crippen LogP contribution in [0.4, 0.5) is 0 Å². The van der Waals surface area contributed by atoms with Crippen LogP contribution in [0.3, 0.4) is 0 Å². The average Bonchev–Trinajstić information content (AvgIpc) is 2.66. The van der Waals surface area contributed by atoms with E-state index in [0.717, 1.165) is 74.4 Å². The van der Waals surface area contributed by atoms with Crippen molar-refractivity contribution in [2.45, 2.75) is 44.2 Å². The Balaban J connectivity index is 1.29. The lowest BCUT2D eigenvalue weighted by Crippen LogP contribution is -2.50. The van der Waals surface area contributed by atoms with Crippen molar-refractivity contribution in [3.63, 3.8) is 0 Å². The number of aryl methyl sites for hydroxylation is 1. The summed E-state index contributed by atoms with van der Waals surface area (Å²) in [5.41, 5.74) is 1.99. The Morgan fingerprint density at radius 2 is 2.08 bits per heavy atom. The minimum Gasteiger partial charge on any atom is -0.490 e. The van der Waals surface area contributed by atoms with Gasteiger partial charge < -0.3 is 19.5 Å². The Morgan fingerprint density at radius 3 is 2.96 bits per heavy atom. The lowest BCUT2D eigenvalue weighted by molar-refractivity contribution is -0.140. The second kappa shape index (κ2) is 7.91. The van der Waals surface area contributed by atoms with Crippen LogP contribution in [-0.2, 0) is 9.47 Å². The number of rotatable bonds is 5. The van der Waals surface area contributed by atoms with Gasteiger partial charge in [-0.2, -0.15) is 0 Å². The minimum absolute atomic E-state index is 0.0338. The molecule has 3 heterocycles. The molecule has 0 amide bonds. The lowest BCUT2D eigenvalue weighted by Gasteiger charge is -2.43. The van der Waals surface area contributed by atoms with Gasteiger partial charge in [-0.1, -0.05) is 18.2 Å². The summed E-state index contributed by atoms with van der Waals surface area (Å²) in [5, 5.41) is 4.77. The van der Waals surface area contributed by atoms with Crippen LogP contribution in [0.1, 0.15) is 31.4 Å². The van der Waals surface area contributed by atoms with Gasteiger partial charge in [-0.3, -0.25) is 0 Å². The maximum atomic E-state index is 6.11. The number of para-hydroxylation sites is 1. The third kappa shape index (κ3) is 4.00. The zero-order chi connectivity index (χ0) is 17.8. The molecule has 1 atom stereocenters. The zero-order valence-electron chi connectivity index (χ0n) is 15.5. The van der Waals surface area contributed by atoms with Gasteiger partial charge in [0, 0.05) is 43.5 Å². The number of pyridine rings is 1. The van der Waals surface area contributed by atoms with E-state index in [9.17, 15) is 0 Å². The van der Waals surface area contributed by atoms with Crippen molar-refractivity contribution >= 4 is 10.9 Å². The van der Waals surface area contributed by atoms with E-state index in [0.29, 0.717) is 12.6 Å². The van der Waals surface area contributed by atoms with Gasteiger partial charge in [-0.25, -0.2) is 4.98 Å². The number of nitrogens with one attached hydrogen (secondary N) is 1. The van der Waals surface area contributed by atoms with Crippen LogP contribution in [0.15, 0.2) is 30.3 Å². The molecule has 2 saturated heterocycles. The molecule has 1 aromatic heterocycles. The molecule has 26 heavy (non-hydrogen) atoms. The van der Waals surface area contributed by atoms with E-state index in [-0.39, 0.29) is 5.60 Å². The molecule has 5 heteroatoms. The lowest BCUT2D eigenvalue weighted by atomic mass is 9.84. The van der Waals surface area contributed by atoms with Crippen molar-refractivity contribution in [2.24, 2.45) is 0 Å². The van der Waals surface area contributed by atoms with Gasteiger partial charge in [0.15, 0.2) is 0 Å². The fourth-order valence-corrected chi connectivity index (χ4v) is 4.05. The smallest absolute Gasteiger partial charge is 0.145 e.